The number of likely N-dealkylation sites (N-methyl/N-ethyl adjacent to an activating group) is 1. The molecule has 33 heavy (non-hydrogen) atoms. The van der Waals surface area contributed by atoms with E-state index < -0.39 is 5.54 Å². The molecule has 0 aromatic heterocycles. The molecule has 0 radical (unpaired) electrons. The number of hydrogen-bond donors (Lipinski definition) is 1. The first-order valence-corrected chi connectivity index (χ1v) is 13.4. The molecule has 0 aromatic carbocycles. The second kappa shape index (κ2) is 10.3. The minimum atomic E-state index is -0.944. The maximum absolute atomic E-state index is 13.5. The summed E-state index contributed by atoms with van der Waals surface area (Å²) in [5.41, 5.74) is 0.275. The van der Waals surface area contributed by atoms with E-state index in [0.29, 0.717) is 6.54 Å². The Labute approximate surface area is 199 Å². The zero-order valence-electron chi connectivity index (χ0n) is 20.8. The second-order valence-corrected chi connectivity index (χ2v) is 11.3. The number of imide groups is 1. The van der Waals surface area contributed by atoms with Gasteiger partial charge in [0.25, 0.3) is 5.91 Å². The van der Waals surface area contributed by atoms with Crippen molar-refractivity contribution in [3.05, 3.63) is 11.6 Å². The number of Topliss-reactive ketones (excluding diaryl/α,β-unsaturated/α-hetero) is 1. The molecule has 1 saturated carbocycles. The average Bonchev–Trinajstić information content (AvgIpc) is 3.00. The lowest BCUT2D eigenvalue weighted by atomic mass is 9.68. The van der Waals surface area contributed by atoms with Gasteiger partial charge in [-0.15, -0.1) is 0 Å². The van der Waals surface area contributed by atoms with Crippen LogP contribution < -0.4 is 5.32 Å². The standard InChI is InChI=1S/C27H43N3O3/c1-26(22-13-9-8-10-14-22)24(32)30(25(33)29(26)2)19-23(31)21-17-27(20-28-18-21)15-11-6-4-3-5-7-12-16-27/h13,21,28H,3-12,14-20H2,1-2H3. The molecule has 0 bridgehead atoms. The Kier molecular flexibility index (Phi) is 7.62. The smallest absolute Gasteiger partial charge is 0.315 e. The van der Waals surface area contributed by atoms with Crippen LogP contribution in [0.3, 0.4) is 0 Å². The van der Waals surface area contributed by atoms with Gasteiger partial charge in [-0.3, -0.25) is 14.5 Å². The number of hydrogen-bond acceptors (Lipinski definition) is 4. The van der Waals surface area contributed by atoms with E-state index in [0.717, 1.165) is 44.2 Å². The van der Waals surface area contributed by atoms with Crippen molar-refractivity contribution < 1.29 is 14.4 Å². The molecule has 2 unspecified atom stereocenters. The predicted molar refractivity (Wildman–Crippen MR) is 130 cm³/mol. The van der Waals surface area contributed by atoms with Crippen LogP contribution in [0.4, 0.5) is 4.79 Å². The number of nitrogens with one attached hydrogen (secondary N) is 1. The summed E-state index contributed by atoms with van der Waals surface area (Å²) < 4.78 is 0. The largest absolute Gasteiger partial charge is 0.328 e. The normalized spacial score (nSPS) is 31.6. The van der Waals surface area contributed by atoms with E-state index >= 15 is 0 Å². The summed E-state index contributed by atoms with van der Waals surface area (Å²) in [7, 11) is 1.71. The molecule has 2 aliphatic carbocycles. The molecule has 3 amide bonds. The monoisotopic (exact) mass is 457 g/mol. The lowest BCUT2D eigenvalue weighted by Gasteiger charge is -2.42. The van der Waals surface area contributed by atoms with E-state index in [4.69, 9.17) is 0 Å². The Balaban J connectivity index is 1.44. The fourth-order valence-electron chi connectivity index (χ4n) is 6.72. The van der Waals surface area contributed by atoms with Gasteiger partial charge in [-0.05, 0) is 62.9 Å². The van der Waals surface area contributed by atoms with Gasteiger partial charge in [-0.25, -0.2) is 4.79 Å². The number of nitrogens with zero attached hydrogens (tertiary/aromatic N) is 2. The third-order valence-electron chi connectivity index (χ3n) is 9.02. The van der Waals surface area contributed by atoms with Crippen molar-refractivity contribution in [2.75, 3.05) is 26.7 Å². The maximum Gasteiger partial charge on any atom is 0.328 e. The van der Waals surface area contributed by atoms with Gasteiger partial charge in [0.1, 0.15) is 5.54 Å². The number of ketones is 1. The van der Waals surface area contributed by atoms with Crippen LogP contribution in [0, 0.1) is 11.3 Å². The maximum atomic E-state index is 13.5. The second-order valence-electron chi connectivity index (χ2n) is 11.3. The average molecular weight is 458 g/mol. The van der Waals surface area contributed by atoms with Crippen LogP contribution in [-0.4, -0.2) is 59.7 Å². The van der Waals surface area contributed by atoms with Crippen LogP contribution in [0.5, 0.6) is 0 Å². The quantitative estimate of drug-likeness (QED) is 0.485. The number of piperidine rings is 1. The fourth-order valence-corrected chi connectivity index (χ4v) is 6.72. The van der Waals surface area contributed by atoms with Gasteiger partial charge in [0, 0.05) is 26.1 Å². The van der Waals surface area contributed by atoms with E-state index in [1.54, 1.807) is 11.9 Å². The first-order chi connectivity index (χ1) is 15.9. The van der Waals surface area contributed by atoms with Gasteiger partial charge in [-0.1, -0.05) is 51.0 Å². The highest BCUT2D eigenvalue weighted by Crippen LogP contribution is 2.41. The first-order valence-electron chi connectivity index (χ1n) is 13.4. The van der Waals surface area contributed by atoms with E-state index in [1.807, 2.05) is 6.92 Å². The summed E-state index contributed by atoms with van der Waals surface area (Å²) in [5, 5.41) is 3.56. The third kappa shape index (κ3) is 4.91. The Morgan fingerprint density at radius 1 is 1.03 bits per heavy atom. The van der Waals surface area contributed by atoms with Crippen molar-refractivity contribution >= 4 is 17.7 Å². The zero-order valence-corrected chi connectivity index (χ0v) is 20.8. The van der Waals surface area contributed by atoms with Crippen molar-refractivity contribution in [3.63, 3.8) is 0 Å². The highest BCUT2D eigenvalue weighted by atomic mass is 16.2. The van der Waals surface area contributed by atoms with E-state index in [1.165, 1.54) is 62.7 Å². The summed E-state index contributed by atoms with van der Waals surface area (Å²) in [6.45, 7) is 3.42. The molecular weight excluding hydrogens is 414 g/mol. The van der Waals surface area contributed by atoms with Crippen LogP contribution in [0.1, 0.15) is 96.8 Å². The molecule has 2 atom stereocenters. The molecule has 4 rings (SSSR count). The lowest BCUT2D eigenvalue weighted by Crippen LogP contribution is -2.50. The highest BCUT2D eigenvalue weighted by Gasteiger charge is 2.55. The molecule has 1 spiro atoms. The van der Waals surface area contributed by atoms with Crippen LogP contribution in [0.15, 0.2) is 11.6 Å². The molecule has 4 aliphatic rings. The molecule has 3 fully saturated rings. The Bertz CT molecular complexity index is 781. The molecular formula is C27H43N3O3. The van der Waals surface area contributed by atoms with Crippen molar-refractivity contribution in [1.29, 1.82) is 0 Å². The third-order valence-corrected chi connectivity index (χ3v) is 9.02. The molecule has 2 aliphatic heterocycles. The van der Waals surface area contributed by atoms with Crippen molar-refractivity contribution in [2.24, 2.45) is 11.3 Å². The summed E-state index contributed by atoms with van der Waals surface area (Å²) in [6.07, 6.45) is 18.4. The molecule has 6 heteroatoms. The summed E-state index contributed by atoms with van der Waals surface area (Å²) >= 11 is 0. The molecule has 184 valence electrons. The van der Waals surface area contributed by atoms with Gasteiger partial charge >= 0.3 is 6.03 Å². The minimum absolute atomic E-state index is 0.0376. The van der Waals surface area contributed by atoms with Crippen LogP contribution >= 0.6 is 0 Å². The number of rotatable bonds is 4. The number of carbonyl (C=O) groups excluding carboxylic acids is 3. The number of allylic oxidation sites excluding steroid dienone is 1. The Morgan fingerprint density at radius 3 is 2.33 bits per heavy atom. The number of carbonyl (C=O) groups is 3. The summed E-state index contributed by atoms with van der Waals surface area (Å²) in [4.78, 5) is 42.8. The topological polar surface area (TPSA) is 69.7 Å². The SMILES string of the molecule is CN1C(=O)N(CC(=O)C2CNCC3(CCCCCCCCC3)C2)C(=O)C1(C)C1=CCCCC1. The zero-order chi connectivity index (χ0) is 23.5. The molecule has 2 heterocycles. The van der Waals surface area contributed by atoms with Crippen molar-refractivity contribution in [3.8, 4) is 0 Å². The summed E-state index contributed by atoms with van der Waals surface area (Å²) in [6, 6.07) is -0.334. The van der Waals surface area contributed by atoms with Crippen LogP contribution in [-0.2, 0) is 9.59 Å². The fraction of sp³-hybridized carbons (Fsp3) is 0.815. The number of amides is 3. The van der Waals surface area contributed by atoms with Gasteiger partial charge in [0.2, 0.25) is 0 Å². The highest BCUT2D eigenvalue weighted by molar-refractivity contribution is 6.10. The van der Waals surface area contributed by atoms with Crippen molar-refractivity contribution in [2.45, 2.75) is 102 Å². The first kappa shape index (κ1) is 24.4. The molecule has 2 saturated heterocycles. The van der Waals surface area contributed by atoms with E-state index in [2.05, 4.69) is 11.4 Å². The number of urea groups is 1. The van der Waals surface area contributed by atoms with E-state index in [9.17, 15) is 14.4 Å². The molecule has 6 nitrogen and oxygen atoms in total. The van der Waals surface area contributed by atoms with Gasteiger partial charge in [0.05, 0.1) is 6.54 Å². The van der Waals surface area contributed by atoms with Crippen LogP contribution in [0.25, 0.3) is 0 Å². The Hall–Kier alpha value is -1.69. The minimum Gasteiger partial charge on any atom is -0.315 e. The lowest BCUT2D eigenvalue weighted by molar-refractivity contribution is -0.135. The van der Waals surface area contributed by atoms with Crippen molar-refractivity contribution in [1.82, 2.24) is 15.1 Å². The van der Waals surface area contributed by atoms with Crippen LogP contribution in [0.2, 0.25) is 0 Å². The molecule has 0 aromatic rings. The van der Waals surface area contributed by atoms with Gasteiger partial charge in [-0.2, -0.15) is 0 Å². The molecule has 1 N–H and O–H groups in total. The predicted octanol–water partition coefficient (Wildman–Crippen LogP) is 4.83. The van der Waals surface area contributed by atoms with E-state index in [-0.39, 0.29) is 35.6 Å². The summed E-state index contributed by atoms with van der Waals surface area (Å²) in [5.74, 6) is -0.308. The van der Waals surface area contributed by atoms with Gasteiger partial charge < -0.3 is 10.2 Å². The Morgan fingerprint density at radius 2 is 1.70 bits per heavy atom. The van der Waals surface area contributed by atoms with Gasteiger partial charge in [0.15, 0.2) is 5.78 Å².